The van der Waals surface area contributed by atoms with Gasteiger partial charge in [-0.1, -0.05) is 17.7 Å². The molecule has 7 heteroatoms. The minimum absolute atomic E-state index is 0.251. The van der Waals surface area contributed by atoms with Gasteiger partial charge in [-0.2, -0.15) is 0 Å². The maximum Gasteiger partial charge on any atom is 0.274 e. The second-order valence-corrected chi connectivity index (χ2v) is 5.78. The summed E-state index contributed by atoms with van der Waals surface area (Å²) in [5.74, 6) is 1.22. The lowest BCUT2D eigenvalue weighted by molar-refractivity contribution is 0.102. The van der Waals surface area contributed by atoms with Crippen LogP contribution in [-0.4, -0.2) is 30.1 Å². The van der Waals surface area contributed by atoms with Crippen molar-refractivity contribution in [2.45, 2.75) is 6.92 Å². The van der Waals surface area contributed by atoms with E-state index in [9.17, 15) is 4.79 Å². The van der Waals surface area contributed by atoms with Crippen molar-refractivity contribution in [2.24, 2.45) is 0 Å². The fourth-order valence-electron chi connectivity index (χ4n) is 2.40. The van der Waals surface area contributed by atoms with E-state index in [0.29, 0.717) is 22.9 Å². The number of rotatable bonds is 6. The van der Waals surface area contributed by atoms with Crippen LogP contribution >= 0.6 is 0 Å². The molecule has 0 saturated heterocycles. The zero-order valence-electron chi connectivity index (χ0n) is 15.3. The SMILES string of the molecule is COc1ccc(Nc2nccc(C(=O)Nc3ccc(C)cc3)n2)c(OC)c1. The number of amides is 1. The second kappa shape index (κ2) is 8.18. The zero-order chi connectivity index (χ0) is 19.2. The highest BCUT2D eigenvalue weighted by atomic mass is 16.5. The van der Waals surface area contributed by atoms with Gasteiger partial charge in [0, 0.05) is 18.0 Å². The van der Waals surface area contributed by atoms with Crippen LogP contribution < -0.4 is 20.1 Å². The summed E-state index contributed by atoms with van der Waals surface area (Å²) in [6.45, 7) is 1.99. The van der Waals surface area contributed by atoms with Crippen molar-refractivity contribution in [1.29, 1.82) is 0 Å². The van der Waals surface area contributed by atoms with Gasteiger partial charge < -0.3 is 20.1 Å². The molecule has 1 aromatic heterocycles. The predicted octanol–water partition coefficient (Wildman–Crippen LogP) is 3.80. The van der Waals surface area contributed by atoms with Crippen LogP contribution in [0.3, 0.4) is 0 Å². The van der Waals surface area contributed by atoms with E-state index in [1.165, 1.54) is 6.20 Å². The van der Waals surface area contributed by atoms with E-state index in [0.717, 1.165) is 5.56 Å². The first-order valence-electron chi connectivity index (χ1n) is 8.29. The largest absolute Gasteiger partial charge is 0.497 e. The van der Waals surface area contributed by atoms with Crippen molar-refractivity contribution < 1.29 is 14.3 Å². The summed E-state index contributed by atoms with van der Waals surface area (Å²) in [4.78, 5) is 20.9. The highest BCUT2D eigenvalue weighted by molar-refractivity contribution is 6.03. The maximum atomic E-state index is 12.4. The molecule has 0 spiro atoms. The molecular weight excluding hydrogens is 344 g/mol. The highest BCUT2D eigenvalue weighted by Crippen LogP contribution is 2.30. The summed E-state index contributed by atoms with van der Waals surface area (Å²) < 4.78 is 10.5. The lowest BCUT2D eigenvalue weighted by Gasteiger charge is -2.12. The Morgan fingerprint density at radius 2 is 1.78 bits per heavy atom. The number of nitrogens with zero attached hydrogens (tertiary/aromatic N) is 2. The molecule has 0 atom stereocenters. The van der Waals surface area contributed by atoms with Crippen molar-refractivity contribution in [3.63, 3.8) is 0 Å². The number of carbonyl (C=O) groups is 1. The van der Waals surface area contributed by atoms with Crippen LogP contribution in [0.15, 0.2) is 54.7 Å². The lowest BCUT2D eigenvalue weighted by Crippen LogP contribution is -2.14. The Morgan fingerprint density at radius 1 is 1.00 bits per heavy atom. The monoisotopic (exact) mass is 364 g/mol. The van der Waals surface area contributed by atoms with Crippen molar-refractivity contribution in [3.8, 4) is 11.5 Å². The number of aromatic nitrogens is 2. The average molecular weight is 364 g/mol. The van der Waals surface area contributed by atoms with Crippen LogP contribution in [0.2, 0.25) is 0 Å². The molecule has 0 unspecified atom stereocenters. The van der Waals surface area contributed by atoms with Gasteiger partial charge in [-0.3, -0.25) is 4.79 Å². The van der Waals surface area contributed by atoms with E-state index in [4.69, 9.17) is 9.47 Å². The second-order valence-electron chi connectivity index (χ2n) is 5.78. The van der Waals surface area contributed by atoms with E-state index in [-0.39, 0.29) is 17.5 Å². The molecule has 0 fully saturated rings. The zero-order valence-corrected chi connectivity index (χ0v) is 15.3. The molecular formula is C20H20N4O3. The van der Waals surface area contributed by atoms with Crippen molar-refractivity contribution in [2.75, 3.05) is 24.9 Å². The molecule has 1 amide bonds. The fraction of sp³-hybridized carbons (Fsp3) is 0.150. The predicted molar refractivity (Wildman–Crippen MR) is 104 cm³/mol. The Bertz CT molecular complexity index is 942. The molecule has 3 aromatic rings. The van der Waals surface area contributed by atoms with Crippen molar-refractivity contribution >= 4 is 23.2 Å². The topological polar surface area (TPSA) is 85.4 Å². The van der Waals surface area contributed by atoms with Crippen LogP contribution in [0.4, 0.5) is 17.3 Å². The molecule has 3 rings (SSSR count). The first-order chi connectivity index (χ1) is 13.1. The van der Waals surface area contributed by atoms with Gasteiger partial charge in [-0.25, -0.2) is 9.97 Å². The van der Waals surface area contributed by atoms with Crippen LogP contribution in [0.25, 0.3) is 0 Å². The van der Waals surface area contributed by atoms with E-state index in [1.807, 2.05) is 31.2 Å². The molecule has 0 radical (unpaired) electrons. The molecule has 2 aromatic carbocycles. The van der Waals surface area contributed by atoms with E-state index >= 15 is 0 Å². The summed E-state index contributed by atoms with van der Waals surface area (Å²) in [5.41, 5.74) is 2.74. The summed E-state index contributed by atoms with van der Waals surface area (Å²) in [6.07, 6.45) is 1.52. The van der Waals surface area contributed by atoms with Gasteiger partial charge in [0.1, 0.15) is 17.2 Å². The summed E-state index contributed by atoms with van der Waals surface area (Å²) >= 11 is 0. The van der Waals surface area contributed by atoms with Gasteiger partial charge in [0.25, 0.3) is 5.91 Å². The van der Waals surface area contributed by atoms with Crippen LogP contribution in [0.1, 0.15) is 16.1 Å². The quantitative estimate of drug-likeness (QED) is 0.692. The van der Waals surface area contributed by atoms with Gasteiger partial charge in [-0.05, 0) is 37.3 Å². The number of carbonyl (C=O) groups excluding carboxylic acids is 1. The smallest absolute Gasteiger partial charge is 0.274 e. The Labute approximate surface area is 157 Å². The van der Waals surface area contributed by atoms with Crippen LogP contribution in [-0.2, 0) is 0 Å². The fourth-order valence-corrected chi connectivity index (χ4v) is 2.40. The third-order valence-corrected chi connectivity index (χ3v) is 3.85. The number of hydrogen-bond acceptors (Lipinski definition) is 6. The third-order valence-electron chi connectivity index (χ3n) is 3.85. The molecule has 0 aliphatic heterocycles. The minimum Gasteiger partial charge on any atom is -0.497 e. The van der Waals surface area contributed by atoms with E-state index < -0.39 is 0 Å². The average Bonchev–Trinajstić information content (AvgIpc) is 2.70. The summed E-state index contributed by atoms with van der Waals surface area (Å²) in [5, 5.41) is 5.87. The number of aryl methyl sites for hydroxylation is 1. The summed E-state index contributed by atoms with van der Waals surface area (Å²) in [6, 6.07) is 14.4. The Balaban J connectivity index is 1.77. The number of nitrogens with one attached hydrogen (secondary N) is 2. The Morgan fingerprint density at radius 3 is 2.48 bits per heavy atom. The van der Waals surface area contributed by atoms with Gasteiger partial charge in [0.15, 0.2) is 0 Å². The third kappa shape index (κ3) is 4.52. The normalized spacial score (nSPS) is 10.2. The molecule has 0 bridgehead atoms. The standard InChI is InChI=1S/C20H20N4O3/c1-13-4-6-14(7-5-13)22-19(25)17-10-11-21-20(24-17)23-16-9-8-15(26-2)12-18(16)27-3/h4-12H,1-3H3,(H,22,25)(H,21,23,24). The minimum atomic E-state index is -0.314. The van der Waals surface area contributed by atoms with Gasteiger partial charge in [-0.15, -0.1) is 0 Å². The van der Waals surface area contributed by atoms with Crippen LogP contribution in [0, 0.1) is 6.92 Å². The van der Waals surface area contributed by atoms with Crippen LogP contribution in [0.5, 0.6) is 11.5 Å². The molecule has 0 saturated carbocycles. The molecule has 27 heavy (non-hydrogen) atoms. The lowest BCUT2D eigenvalue weighted by atomic mass is 10.2. The number of hydrogen-bond donors (Lipinski definition) is 2. The van der Waals surface area contributed by atoms with Gasteiger partial charge in [0.2, 0.25) is 5.95 Å². The van der Waals surface area contributed by atoms with Crippen molar-refractivity contribution in [3.05, 3.63) is 66.0 Å². The Kier molecular flexibility index (Phi) is 5.51. The molecule has 0 aliphatic carbocycles. The molecule has 2 N–H and O–H groups in total. The highest BCUT2D eigenvalue weighted by Gasteiger charge is 2.11. The number of benzene rings is 2. The van der Waals surface area contributed by atoms with Gasteiger partial charge >= 0.3 is 0 Å². The molecule has 0 aliphatic rings. The van der Waals surface area contributed by atoms with E-state index in [1.54, 1.807) is 38.5 Å². The van der Waals surface area contributed by atoms with E-state index in [2.05, 4.69) is 20.6 Å². The Hall–Kier alpha value is -3.61. The first-order valence-corrected chi connectivity index (χ1v) is 8.29. The van der Waals surface area contributed by atoms with Gasteiger partial charge in [0.05, 0.1) is 19.9 Å². The number of methoxy groups -OCH3 is 2. The number of ether oxygens (including phenoxy) is 2. The van der Waals surface area contributed by atoms with Crippen molar-refractivity contribution in [1.82, 2.24) is 9.97 Å². The summed E-state index contributed by atoms with van der Waals surface area (Å²) in [7, 11) is 3.15. The maximum absolute atomic E-state index is 12.4. The molecule has 1 heterocycles. The molecule has 138 valence electrons. The number of anilines is 3. The molecule has 7 nitrogen and oxygen atoms in total. The first kappa shape index (κ1) is 18.2.